The Hall–Kier alpha value is -2.44. The SMILES string of the molecule is Cc1ccc([N+](=O)[O-])cc1C(=O)NCC(=O)OCC1CC1. The van der Waals surface area contributed by atoms with Crippen molar-refractivity contribution in [3.8, 4) is 0 Å². The number of hydrogen-bond acceptors (Lipinski definition) is 5. The van der Waals surface area contributed by atoms with Crippen molar-refractivity contribution >= 4 is 17.6 Å². The van der Waals surface area contributed by atoms with Gasteiger partial charge in [-0.05, 0) is 31.2 Å². The quantitative estimate of drug-likeness (QED) is 0.487. The van der Waals surface area contributed by atoms with Crippen LogP contribution >= 0.6 is 0 Å². The molecule has 1 N–H and O–H groups in total. The predicted octanol–water partition coefficient (Wildman–Crippen LogP) is 1.59. The number of nitro benzene ring substituents is 1. The molecule has 1 saturated carbocycles. The molecule has 2 rings (SSSR count). The van der Waals surface area contributed by atoms with E-state index in [-0.39, 0.29) is 17.8 Å². The second-order valence-corrected chi connectivity index (χ2v) is 5.07. The Kier molecular flexibility index (Phi) is 4.52. The molecule has 0 bridgehead atoms. The van der Waals surface area contributed by atoms with Crippen molar-refractivity contribution in [1.29, 1.82) is 0 Å². The highest BCUT2D eigenvalue weighted by Crippen LogP contribution is 2.28. The molecule has 1 aromatic carbocycles. The molecule has 0 heterocycles. The van der Waals surface area contributed by atoms with Crippen LogP contribution in [0.2, 0.25) is 0 Å². The van der Waals surface area contributed by atoms with Gasteiger partial charge in [-0.2, -0.15) is 0 Å². The number of nitrogens with one attached hydrogen (secondary N) is 1. The van der Waals surface area contributed by atoms with Crippen LogP contribution in [0.5, 0.6) is 0 Å². The number of nitro groups is 1. The van der Waals surface area contributed by atoms with E-state index in [0.717, 1.165) is 12.8 Å². The minimum Gasteiger partial charge on any atom is -0.464 e. The Morgan fingerprint density at radius 1 is 1.43 bits per heavy atom. The highest BCUT2D eigenvalue weighted by atomic mass is 16.6. The molecule has 0 aliphatic heterocycles. The molecule has 0 aromatic heterocycles. The van der Waals surface area contributed by atoms with Crippen molar-refractivity contribution < 1.29 is 19.2 Å². The van der Waals surface area contributed by atoms with Gasteiger partial charge in [-0.1, -0.05) is 6.07 Å². The van der Waals surface area contributed by atoms with Gasteiger partial charge in [-0.15, -0.1) is 0 Å². The largest absolute Gasteiger partial charge is 0.464 e. The Morgan fingerprint density at radius 2 is 2.14 bits per heavy atom. The summed E-state index contributed by atoms with van der Waals surface area (Å²) in [4.78, 5) is 33.5. The molecule has 1 aliphatic carbocycles. The fourth-order valence-electron chi connectivity index (χ4n) is 1.76. The Labute approximate surface area is 121 Å². The monoisotopic (exact) mass is 292 g/mol. The van der Waals surface area contributed by atoms with E-state index in [1.54, 1.807) is 6.92 Å². The van der Waals surface area contributed by atoms with Gasteiger partial charge < -0.3 is 10.1 Å². The van der Waals surface area contributed by atoms with E-state index < -0.39 is 16.8 Å². The van der Waals surface area contributed by atoms with E-state index in [4.69, 9.17) is 4.74 Å². The molecular weight excluding hydrogens is 276 g/mol. The van der Waals surface area contributed by atoms with Crippen molar-refractivity contribution in [3.63, 3.8) is 0 Å². The van der Waals surface area contributed by atoms with Gasteiger partial charge in [0, 0.05) is 17.7 Å². The molecule has 0 radical (unpaired) electrons. The molecule has 1 aliphatic rings. The maximum atomic E-state index is 12.0. The minimum atomic E-state index is -0.569. The summed E-state index contributed by atoms with van der Waals surface area (Å²) in [5, 5.41) is 13.1. The van der Waals surface area contributed by atoms with E-state index in [0.29, 0.717) is 18.1 Å². The van der Waals surface area contributed by atoms with Gasteiger partial charge in [0.2, 0.25) is 0 Å². The van der Waals surface area contributed by atoms with Crippen LogP contribution in [0.4, 0.5) is 5.69 Å². The first-order valence-electron chi connectivity index (χ1n) is 6.66. The summed E-state index contributed by atoms with van der Waals surface area (Å²) < 4.78 is 4.98. The third kappa shape index (κ3) is 4.27. The summed E-state index contributed by atoms with van der Waals surface area (Å²) in [5.74, 6) is -0.568. The zero-order valence-electron chi connectivity index (χ0n) is 11.6. The number of carbonyl (C=O) groups is 2. The average Bonchev–Trinajstić information content (AvgIpc) is 3.27. The number of ether oxygens (including phenoxy) is 1. The standard InChI is InChI=1S/C14H16N2O5/c1-9-2-5-11(16(19)20)6-12(9)14(18)15-7-13(17)21-8-10-3-4-10/h2,5-6,10H,3-4,7-8H2,1H3,(H,15,18). The van der Waals surface area contributed by atoms with Crippen molar-refractivity contribution in [2.24, 2.45) is 5.92 Å². The number of nitrogens with zero attached hydrogens (tertiary/aromatic N) is 1. The van der Waals surface area contributed by atoms with Crippen LogP contribution in [0.3, 0.4) is 0 Å². The van der Waals surface area contributed by atoms with Crippen LogP contribution < -0.4 is 5.32 Å². The Morgan fingerprint density at radius 3 is 2.76 bits per heavy atom. The second-order valence-electron chi connectivity index (χ2n) is 5.07. The summed E-state index contributed by atoms with van der Waals surface area (Å²) in [5.41, 5.74) is 0.616. The molecule has 0 saturated heterocycles. The molecule has 0 unspecified atom stereocenters. The number of carbonyl (C=O) groups excluding carboxylic acids is 2. The first-order chi connectivity index (χ1) is 9.97. The molecule has 0 spiro atoms. The summed E-state index contributed by atoms with van der Waals surface area (Å²) in [6.07, 6.45) is 2.15. The van der Waals surface area contributed by atoms with E-state index in [1.807, 2.05) is 0 Å². The number of hydrogen-bond donors (Lipinski definition) is 1. The van der Waals surface area contributed by atoms with Crippen molar-refractivity contribution in [1.82, 2.24) is 5.32 Å². The maximum absolute atomic E-state index is 12.0. The van der Waals surface area contributed by atoms with Crippen LogP contribution in [0, 0.1) is 23.0 Å². The predicted molar refractivity (Wildman–Crippen MR) is 73.8 cm³/mol. The van der Waals surface area contributed by atoms with Crippen LogP contribution in [0.25, 0.3) is 0 Å². The lowest BCUT2D eigenvalue weighted by Gasteiger charge is -2.08. The minimum absolute atomic E-state index is 0.165. The summed E-state index contributed by atoms with van der Waals surface area (Å²) in [6.45, 7) is 1.82. The Bertz CT molecular complexity index is 581. The topological polar surface area (TPSA) is 98.5 Å². The number of amides is 1. The van der Waals surface area contributed by atoms with Gasteiger partial charge in [0.1, 0.15) is 6.54 Å². The van der Waals surface area contributed by atoms with E-state index in [9.17, 15) is 19.7 Å². The number of benzene rings is 1. The fourth-order valence-corrected chi connectivity index (χ4v) is 1.76. The van der Waals surface area contributed by atoms with Crippen LogP contribution in [-0.2, 0) is 9.53 Å². The fraction of sp³-hybridized carbons (Fsp3) is 0.429. The molecule has 1 aromatic rings. The van der Waals surface area contributed by atoms with Gasteiger partial charge in [0.25, 0.3) is 11.6 Å². The number of esters is 1. The smallest absolute Gasteiger partial charge is 0.325 e. The van der Waals surface area contributed by atoms with Gasteiger partial charge in [0.15, 0.2) is 0 Å². The van der Waals surface area contributed by atoms with Crippen LogP contribution in [0.15, 0.2) is 18.2 Å². The highest BCUT2D eigenvalue weighted by molar-refractivity contribution is 5.97. The number of non-ortho nitro benzene ring substituents is 1. The number of rotatable bonds is 6. The zero-order chi connectivity index (χ0) is 15.4. The lowest BCUT2D eigenvalue weighted by molar-refractivity contribution is -0.384. The molecular formula is C14H16N2O5. The van der Waals surface area contributed by atoms with Crippen LogP contribution in [-0.4, -0.2) is 30.0 Å². The van der Waals surface area contributed by atoms with Crippen molar-refractivity contribution in [2.75, 3.05) is 13.2 Å². The van der Waals surface area contributed by atoms with E-state index in [2.05, 4.69) is 5.32 Å². The summed E-state index contributed by atoms with van der Waals surface area (Å²) in [7, 11) is 0. The van der Waals surface area contributed by atoms with E-state index in [1.165, 1.54) is 18.2 Å². The zero-order valence-corrected chi connectivity index (χ0v) is 11.6. The molecule has 0 atom stereocenters. The van der Waals surface area contributed by atoms with E-state index >= 15 is 0 Å². The van der Waals surface area contributed by atoms with Crippen molar-refractivity contribution in [3.05, 3.63) is 39.4 Å². The summed E-state index contributed by atoms with van der Waals surface area (Å²) >= 11 is 0. The lowest BCUT2D eigenvalue weighted by Crippen LogP contribution is -2.31. The third-order valence-corrected chi connectivity index (χ3v) is 3.25. The first-order valence-corrected chi connectivity index (χ1v) is 6.66. The third-order valence-electron chi connectivity index (χ3n) is 3.25. The van der Waals surface area contributed by atoms with Gasteiger partial charge in [-0.25, -0.2) is 0 Å². The van der Waals surface area contributed by atoms with Gasteiger partial charge >= 0.3 is 5.97 Å². The molecule has 1 amide bonds. The van der Waals surface area contributed by atoms with Crippen LogP contribution in [0.1, 0.15) is 28.8 Å². The molecule has 21 heavy (non-hydrogen) atoms. The van der Waals surface area contributed by atoms with Gasteiger partial charge in [0.05, 0.1) is 11.5 Å². The maximum Gasteiger partial charge on any atom is 0.325 e. The highest BCUT2D eigenvalue weighted by Gasteiger charge is 2.23. The van der Waals surface area contributed by atoms with Gasteiger partial charge in [-0.3, -0.25) is 19.7 Å². The molecule has 112 valence electrons. The van der Waals surface area contributed by atoms with Crippen molar-refractivity contribution in [2.45, 2.75) is 19.8 Å². The average molecular weight is 292 g/mol. The number of aryl methyl sites for hydroxylation is 1. The first kappa shape index (κ1) is 15.0. The Balaban J connectivity index is 1.91. The summed E-state index contributed by atoms with van der Waals surface area (Å²) in [6, 6.07) is 4.02. The lowest BCUT2D eigenvalue weighted by atomic mass is 10.1. The normalized spacial score (nSPS) is 13.6. The second kappa shape index (κ2) is 6.34. The molecule has 1 fully saturated rings. The molecule has 7 nitrogen and oxygen atoms in total. The molecule has 7 heteroatoms.